The summed E-state index contributed by atoms with van der Waals surface area (Å²) in [7, 11) is 0. The van der Waals surface area contributed by atoms with Crippen LogP contribution < -0.4 is 10.1 Å². The lowest BCUT2D eigenvalue weighted by Gasteiger charge is -2.38. The van der Waals surface area contributed by atoms with E-state index in [-0.39, 0.29) is 29.7 Å². The number of nitrogens with one attached hydrogen (secondary N) is 1. The maximum absolute atomic E-state index is 13.5. The highest BCUT2D eigenvalue weighted by atomic mass is 19.1. The highest BCUT2D eigenvalue weighted by Gasteiger charge is 2.30. The van der Waals surface area contributed by atoms with Gasteiger partial charge in [-0.15, -0.1) is 0 Å². The van der Waals surface area contributed by atoms with Crippen molar-refractivity contribution in [3.8, 4) is 5.75 Å². The molecule has 1 amide bonds. The van der Waals surface area contributed by atoms with E-state index in [4.69, 9.17) is 9.47 Å². The molecular weight excluding hydrogens is 287 g/mol. The normalized spacial score (nSPS) is 22.3. The number of amides is 1. The van der Waals surface area contributed by atoms with E-state index >= 15 is 0 Å². The van der Waals surface area contributed by atoms with Crippen molar-refractivity contribution in [1.82, 2.24) is 10.2 Å². The molecule has 5 nitrogen and oxygen atoms in total. The Kier molecular flexibility index (Phi) is 4.90. The number of nitrogens with zero attached hydrogens (tertiary/aromatic N) is 1. The van der Waals surface area contributed by atoms with Gasteiger partial charge in [0.1, 0.15) is 6.10 Å². The molecule has 0 spiro atoms. The van der Waals surface area contributed by atoms with Gasteiger partial charge in [0.25, 0.3) is 0 Å². The number of benzene rings is 1. The number of hydrogen-bond acceptors (Lipinski definition) is 4. The third-order valence-electron chi connectivity index (χ3n) is 3.97. The predicted molar refractivity (Wildman–Crippen MR) is 79.2 cm³/mol. The molecule has 2 saturated heterocycles. The Bertz CT molecular complexity index is 514. The summed E-state index contributed by atoms with van der Waals surface area (Å²) in [4.78, 5) is 13.8. The second-order valence-electron chi connectivity index (χ2n) is 5.80. The highest BCUT2D eigenvalue weighted by Crippen LogP contribution is 2.20. The van der Waals surface area contributed by atoms with Gasteiger partial charge < -0.3 is 14.8 Å². The number of likely N-dealkylation sites (tertiary alicyclic amines) is 1. The van der Waals surface area contributed by atoms with Crippen molar-refractivity contribution in [2.24, 2.45) is 0 Å². The number of hydrogen-bond donors (Lipinski definition) is 1. The first-order valence-corrected chi connectivity index (χ1v) is 7.72. The molecule has 0 radical (unpaired) electrons. The number of rotatable bonds is 6. The maximum Gasteiger partial charge on any atom is 0.234 e. The van der Waals surface area contributed by atoms with Crippen molar-refractivity contribution in [2.45, 2.75) is 25.0 Å². The zero-order valence-electron chi connectivity index (χ0n) is 12.5. The summed E-state index contributed by atoms with van der Waals surface area (Å²) in [5.74, 6) is -0.0786. The molecule has 1 aromatic carbocycles. The lowest BCUT2D eigenvalue weighted by atomic mass is 10.1. The first-order chi connectivity index (χ1) is 10.7. The summed E-state index contributed by atoms with van der Waals surface area (Å²) < 4.78 is 24.5. The lowest BCUT2D eigenvalue weighted by Crippen LogP contribution is -2.56. The van der Waals surface area contributed by atoms with Crippen molar-refractivity contribution in [3.05, 3.63) is 30.1 Å². The number of ether oxygens (including phenoxy) is 2. The van der Waals surface area contributed by atoms with Gasteiger partial charge in [-0.25, -0.2) is 4.39 Å². The second-order valence-corrected chi connectivity index (χ2v) is 5.80. The van der Waals surface area contributed by atoms with E-state index in [2.05, 4.69) is 5.32 Å². The van der Waals surface area contributed by atoms with Gasteiger partial charge in [-0.2, -0.15) is 0 Å². The monoisotopic (exact) mass is 308 g/mol. The smallest absolute Gasteiger partial charge is 0.234 e. The molecule has 22 heavy (non-hydrogen) atoms. The minimum absolute atomic E-state index is 0.000147. The minimum atomic E-state index is -0.352. The molecular formula is C16H21FN2O3. The van der Waals surface area contributed by atoms with E-state index < -0.39 is 0 Å². The molecule has 120 valence electrons. The van der Waals surface area contributed by atoms with E-state index in [0.717, 1.165) is 19.4 Å². The molecule has 1 N–H and O–H groups in total. The van der Waals surface area contributed by atoms with E-state index in [1.807, 2.05) is 4.90 Å². The van der Waals surface area contributed by atoms with Crippen LogP contribution in [0.3, 0.4) is 0 Å². The summed E-state index contributed by atoms with van der Waals surface area (Å²) in [5.41, 5.74) is 0. The first kappa shape index (κ1) is 15.2. The van der Waals surface area contributed by atoms with E-state index in [0.29, 0.717) is 26.2 Å². The Morgan fingerprint density at radius 2 is 2.23 bits per heavy atom. The molecule has 0 bridgehead atoms. The van der Waals surface area contributed by atoms with Gasteiger partial charge >= 0.3 is 0 Å². The average molecular weight is 308 g/mol. The molecule has 0 saturated carbocycles. The molecule has 1 aromatic rings. The van der Waals surface area contributed by atoms with Crippen molar-refractivity contribution in [3.63, 3.8) is 0 Å². The fourth-order valence-corrected chi connectivity index (χ4v) is 2.74. The van der Waals surface area contributed by atoms with Crippen LogP contribution in [0.25, 0.3) is 0 Å². The van der Waals surface area contributed by atoms with Gasteiger partial charge in [-0.05, 0) is 25.0 Å². The molecule has 2 heterocycles. The van der Waals surface area contributed by atoms with Gasteiger partial charge in [-0.3, -0.25) is 9.69 Å². The van der Waals surface area contributed by atoms with Gasteiger partial charge in [0.05, 0.1) is 12.6 Å². The average Bonchev–Trinajstić information content (AvgIpc) is 2.98. The fraction of sp³-hybridized carbons (Fsp3) is 0.562. The summed E-state index contributed by atoms with van der Waals surface area (Å²) in [5, 5.41) is 2.89. The standard InChI is InChI=1S/C16H21FN2O3/c17-14-5-1-2-6-15(14)22-13-9-19(10-13)11-16(20)18-8-12-4-3-7-21-12/h1-2,5-6,12-13H,3-4,7-11H2,(H,18,20). The summed E-state index contributed by atoms with van der Waals surface area (Å²) in [6, 6.07) is 6.37. The van der Waals surface area contributed by atoms with Gasteiger partial charge in [0.2, 0.25) is 5.91 Å². The Labute approximate surface area is 129 Å². The number of carbonyl (C=O) groups excluding carboxylic acids is 1. The Morgan fingerprint density at radius 1 is 1.41 bits per heavy atom. The van der Waals surface area contributed by atoms with Crippen molar-refractivity contribution >= 4 is 5.91 Å². The van der Waals surface area contributed by atoms with Crippen molar-refractivity contribution < 1.29 is 18.7 Å². The quantitative estimate of drug-likeness (QED) is 0.857. The molecule has 2 fully saturated rings. The lowest BCUT2D eigenvalue weighted by molar-refractivity contribution is -0.125. The van der Waals surface area contributed by atoms with Gasteiger partial charge in [0.15, 0.2) is 11.6 Å². The fourth-order valence-electron chi connectivity index (χ4n) is 2.74. The third kappa shape index (κ3) is 3.96. The van der Waals surface area contributed by atoms with E-state index in [9.17, 15) is 9.18 Å². The van der Waals surface area contributed by atoms with Crippen LogP contribution in [-0.2, 0) is 9.53 Å². The SMILES string of the molecule is O=C(CN1CC(Oc2ccccc2F)C1)NCC1CCCO1. The van der Waals surface area contributed by atoms with E-state index in [1.54, 1.807) is 18.2 Å². The van der Waals surface area contributed by atoms with Crippen LogP contribution in [0.2, 0.25) is 0 Å². The summed E-state index contributed by atoms with van der Waals surface area (Å²) in [6.45, 7) is 3.01. The van der Waals surface area contributed by atoms with Crippen LogP contribution in [-0.4, -0.2) is 55.8 Å². The molecule has 1 atom stereocenters. The van der Waals surface area contributed by atoms with Crippen LogP contribution >= 0.6 is 0 Å². The van der Waals surface area contributed by atoms with Crippen molar-refractivity contribution in [2.75, 3.05) is 32.8 Å². The van der Waals surface area contributed by atoms with Gasteiger partial charge in [-0.1, -0.05) is 12.1 Å². The van der Waals surface area contributed by atoms with E-state index in [1.165, 1.54) is 6.07 Å². The topological polar surface area (TPSA) is 50.8 Å². The van der Waals surface area contributed by atoms with Crippen LogP contribution in [0.5, 0.6) is 5.75 Å². The van der Waals surface area contributed by atoms with Crippen LogP contribution in [0.15, 0.2) is 24.3 Å². The van der Waals surface area contributed by atoms with Crippen LogP contribution in [0, 0.1) is 5.82 Å². The zero-order valence-corrected chi connectivity index (χ0v) is 12.5. The Balaban J connectivity index is 1.33. The number of halogens is 1. The van der Waals surface area contributed by atoms with Crippen LogP contribution in [0.4, 0.5) is 4.39 Å². The van der Waals surface area contributed by atoms with Crippen LogP contribution in [0.1, 0.15) is 12.8 Å². The molecule has 6 heteroatoms. The molecule has 2 aliphatic heterocycles. The highest BCUT2D eigenvalue weighted by molar-refractivity contribution is 5.78. The third-order valence-corrected chi connectivity index (χ3v) is 3.97. The van der Waals surface area contributed by atoms with Gasteiger partial charge in [0, 0.05) is 26.2 Å². The summed E-state index contributed by atoms with van der Waals surface area (Å²) in [6.07, 6.45) is 2.20. The molecule has 0 aliphatic carbocycles. The Hall–Kier alpha value is -1.66. The Morgan fingerprint density at radius 3 is 2.95 bits per heavy atom. The molecule has 1 unspecified atom stereocenters. The zero-order chi connectivity index (χ0) is 15.4. The maximum atomic E-state index is 13.5. The molecule has 0 aromatic heterocycles. The first-order valence-electron chi connectivity index (χ1n) is 7.72. The summed E-state index contributed by atoms with van der Waals surface area (Å²) >= 11 is 0. The largest absolute Gasteiger partial charge is 0.485 e. The molecule has 3 rings (SSSR count). The van der Waals surface area contributed by atoms with Crippen molar-refractivity contribution in [1.29, 1.82) is 0 Å². The minimum Gasteiger partial charge on any atom is -0.485 e. The number of carbonyl (C=O) groups is 1. The number of para-hydroxylation sites is 1. The molecule has 2 aliphatic rings. The second kappa shape index (κ2) is 7.07. The predicted octanol–water partition coefficient (Wildman–Crippen LogP) is 1.18.